The minimum absolute atomic E-state index is 0.0104. The molecule has 0 aliphatic rings. The lowest BCUT2D eigenvalue weighted by Crippen LogP contribution is -2.08. The van der Waals surface area contributed by atoms with E-state index in [1.165, 1.54) is 0 Å². The van der Waals surface area contributed by atoms with E-state index in [1.807, 2.05) is 19.1 Å². The van der Waals surface area contributed by atoms with Crippen molar-refractivity contribution in [2.24, 2.45) is 5.73 Å². The van der Waals surface area contributed by atoms with Crippen LogP contribution in [0.25, 0.3) is 0 Å². The van der Waals surface area contributed by atoms with E-state index in [1.54, 1.807) is 6.07 Å². The highest BCUT2D eigenvalue weighted by atomic mass is 35.5. The third-order valence-electron chi connectivity index (χ3n) is 1.86. The predicted octanol–water partition coefficient (Wildman–Crippen LogP) is 2.18. The highest BCUT2D eigenvalue weighted by Gasteiger charge is 2.09. The van der Waals surface area contributed by atoms with Gasteiger partial charge in [-0.25, -0.2) is 0 Å². The number of Topliss-reactive ketones (excluding diaryl/α,β-unsaturated/α-hetero) is 1. The summed E-state index contributed by atoms with van der Waals surface area (Å²) in [4.78, 5) is 11.5. The Bertz CT molecular complexity index is 323. The Morgan fingerprint density at radius 2 is 2.23 bits per heavy atom. The van der Waals surface area contributed by atoms with Gasteiger partial charge in [0.1, 0.15) is 0 Å². The van der Waals surface area contributed by atoms with Gasteiger partial charge in [0.2, 0.25) is 0 Å². The number of carbonyl (C=O) groups excluding carboxylic acids is 1. The van der Waals surface area contributed by atoms with E-state index in [0.29, 0.717) is 23.6 Å². The van der Waals surface area contributed by atoms with Crippen LogP contribution >= 0.6 is 11.6 Å². The fourth-order valence-corrected chi connectivity index (χ4v) is 1.36. The second kappa shape index (κ2) is 4.40. The molecule has 0 unspecified atom stereocenters. The number of aryl methyl sites for hydroxylation is 1. The number of halogens is 1. The normalized spacial score (nSPS) is 10.1. The summed E-state index contributed by atoms with van der Waals surface area (Å²) in [6.07, 6.45) is 0.350. The Morgan fingerprint density at radius 1 is 1.54 bits per heavy atom. The van der Waals surface area contributed by atoms with E-state index in [9.17, 15) is 4.79 Å². The molecule has 0 fully saturated rings. The molecule has 0 bridgehead atoms. The van der Waals surface area contributed by atoms with Crippen molar-refractivity contribution < 1.29 is 4.79 Å². The molecule has 3 heteroatoms. The average molecular weight is 198 g/mol. The van der Waals surface area contributed by atoms with Crippen LogP contribution in [0, 0.1) is 6.92 Å². The quantitative estimate of drug-likeness (QED) is 0.755. The van der Waals surface area contributed by atoms with E-state index < -0.39 is 0 Å². The Morgan fingerprint density at radius 3 is 2.85 bits per heavy atom. The molecule has 70 valence electrons. The number of nitrogens with two attached hydrogens (primary N) is 1. The second-order valence-electron chi connectivity index (χ2n) is 2.90. The largest absolute Gasteiger partial charge is 0.330 e. The van der Waals surface area contributed by atoms with Gasteiger partial charge in [-0.15, -0.1) is 0 Å². The van der Waals surface area contributed by atoms with E-state index in [2.05, 4.69) is 0 Å². The summed E-state index contributed by atoms with van der Waals surface area (Å²) >= 11 is 5.96. The Kier molecular flexibility index (Phi) is 3.46. The van der Waals surface area contributed by atoms with Crippen molar-refractivity contribution in [1.29, 1.82) is 0 Å². The molecule has 13 heavy (non-hydrogen) atoms. The molecule has 0 radical (unpaired) electrons. The second-order valence-corrected chi connectivity index (χ2v) is 3.28. The van der Waals surface area contributed by atoms with Crippen LogP contribution in [0.5, 0.6) is 0 Å². The van der Waals surface area contributed by atoms with Crippen molar-refractivity contribution in [1.82, 2.24) is 0 Å². The highest BCUT2D eigenvalue weighted by Crippen LogP contribution is 2.21. The number of hydrogen-bond acceptors (Lipinski definition) is 2. The van der Waals surface area contributed by atoms with Gasteiger partial charge < -0.3 is 5.73 Å². The molecule has 1 aromatic rings. The Hall–Kier alpha value is -0.860. The van der Waals surface area contributed by atoms with Gasteiger partial charge in [0, 0.05) is 12.0 Å². The van der Waals surface area contributed by atoms with Gasteiger partial charge in [-0.3, -0.25) is 4.79 Å². The molecule has 2 nitrogen and oxygen atoms in total. The van der Waals surface area contributed by atoms with Gasteiger partial charge >= 0.3 is 0 Å². The van der Waals surface area contributed by atoms with Crippen LogP contribution in [0.2, 0.25) is 5.02 Å². The molecule has 1 aromatic carbocycles. The number of benzene rings is 1. The number of hydrogen-bond donors (Lipinski definition) is 1. The number of carbonyl (C=O) groups is 1. The predicted molar refractivity (Wildman–Crippen MR) is 54.2 cm³/mol. The zero-order valence-corrected chi connectivity index (χ0v) is 8.27. The van der Waals surface area contributed by atoms with Crippen LogP contribution in [-0.2, 0) is 0 Å². The molecule has 0 saturated carbocycles. The zero-order valence-electron chi connectivity index (χ0n) is 7.51. The van der Waals surface area contributed by atoms with E-state index in [0.717, 1.165) is 5.56 Å². The standard InChI is InChI=1S/C10H12ClNO/c1-7-3-2-4-8(10(7)11)9(13)5-6-12/h2-4H,5-6,12H2,1H3. The minimum atomic E-state index is 0.0104. The molecule has 0 spiro atoms. The molecule has 0 saturated heterocycles. The van der Waals surface area contributed by atoms with Crippen molar-refractivity contribution in [2.75, 3.05) is 6.54 Å². The van der Waals surface area contributed by atoms with Crippen molar-refractivity contribution in [2.45, 2.75) is 13.3 Å². The van der Waals surface area contributed by atoms with Gasteiger partial charge in [0.15, 0.2) is 5.78 Å². The molecule has 0 heterocycles. The summed E-state index contributed by atoms with van der Waals surface area (Å²) in [5.74, 6) is 0.0104. The Labute approximate surface area is 82.7 Å². The van der Waals surface area contributed by atoms with Crippen LogP contribution in [0.3, 0.4) is 0 Å². The molecular weight excluding hydrogens is 186 g/mol. The summed E-state index contributed by atoms with van der Waals surface area (Å²) in [6.45, 7) is 2.24. The molecule has 0 aliphatic heterocycles. The molecule has 0 atom stereocenters. The SMILES string of the molecule is Cc1cccc(C(=O)CCN)c1Cl. The molecule has 2 N–H and O–H groups in total. The maximum Gasteiger partial charge on any atom is 0.165 e. The first kappa shape index (κ1) is 10.2. The molecule has 1 rings (SSSR count). The first-order chi connectivity index (χ1) is 6.16. The van der Waals surface area contributed by atoms with Gasteiger partial charge in [-0.1, -0.05) is 23.7 Å². The minimum Gasteiger partial charge on any atom is -0.330 e. The summed E-state index contributed by atoms with van der Waals surface area (Å²) in [5.41, 5.74) is 6.79. The summed E-state index contributed by atoms with van der Waals surface area (Å²) in [6, 6.07) is 5.43. The van der Waals surface area contributed by atoms with Crippen LogP contribution in [0.4, 0.5) is 0 Å². The number of rotatable bonds is 3. The summed E-state index contributed by atoms with van der Waals surface area (Å²) in [5, 5.41) is 0.543. The molecule has 0 amide bonds. The van der Waals surface area contributed by atoms with Crippen molar-refractivity contribution in [3.8, 4) is 0 Å². The lowest BCUT2D eigenvalue weighted by atomic mass is 10.1. The third kappa shape index (κ3) is 2.29. The monoisotopic (exact) mass is 197 g/mol. The molecule has 0 aliphatic carbocycles. The van der Waals surface area contributed by atoms with Crippen molar-refractivity contribution in [3.63, 3.8) is 0 Å². The van der Waals surface area contributed by atoms with E-state index in [4.69, 9.17) is 17.3 Å². The lowest BCUT2D eigenvalue weighted by Gasteiger charge is -2.04. The summed E-state index contributed by atoms with van der Waals surface area (Å²) in [7, 11) is 0. The number of ketones is 1. The maximum absolute atomic E-state index is 11.5. The van der Waals surface area contributed by atoms with Crippen LogP contribution in [0.15, 0.2) is 18.2 Å². The molecule has 0 aromatic heterocycles. The maximum atomic E-state index is 11.5. The van der Waals surface area contributed by atoms with Gasteiger partial charge in [0.25, 0.3) is 0 Å². The fourth-order valence-electron chi connectivity index (χ4n) is 1.13. The first-order valence-electron chi connectivity index (χ1n) is 4.15. The highest BCUT2D eigenvalue weighted by molar-refractivity contribution is 6.34. The topological polar surface area (TPSA) is 43.1 Å². The third-order valence-corrected chi connectivity index (χ3v) is 2.37. The van der Waals surface area contributed by atoms with Crippen LogP contribution < -0.4 is 5.73 Å². The Balaban J connectivity index is 3.01. The van der Waals surface area contributed by atoms with E-state index >= 15 is 0 Å². The first-order valence-corrected chi connectivity index (χ1v) is 4.53. The van der Waals surface area contributed by atoms with Crippen molar-refractivity contribution >= 4 is 17.4 Å². The van der Waals surface area contributed by atoms with Gasteiger partial charge in [0.05, 0.1) is 5.02 Å². The van der Waals surface area contributed by atoms with E-state index in [-0.39, 0.29) is 5.78 Å². The zero-order chi connectivity index (χ0) is 9.84. The van der Waals surface area contributed by atoms with Gasteiger partial charge in [-0.2, -0.15) is 0 Å². The average Bonchev–Trinajstić information content (AvgIpc) is 2.10. The smallest absolute Gasteiger partial charge is 0.165 e. The summed E-state index contributed by atoms with van der Waals surface area (Å²) < 4.78 is 0. The fraction of sp³-hybridized carbons (Fsp3) is 0.300. The van der Waals surface area contributed by atoms with Crippen LogP contribution in [0.1, 0.15) is 22.3 Å². The van der Waals surface area contributed by atoms with Crippen molar-refractivity contribution in [3.05, 3.63) is 34.3 Å². The van der Waals surface area contributed by atoms with Gasteiger partial charge in [-0.05, 0) is 25.1 Å². The lowest BCUT2D eigenvalue weighted by molar-refractivity contribution is 0.0985. The molecular formula is C10H12ClNO. The van der Waals surface area contributed by atoms with Crippen LogP contribution in [-0.4, -0.2) is 12.3 Å².